The first-order chi connectivity index (χ1) is 15.1. The number of fused-ring (bicyclic) bond motifs is 1. The Balaban J connectivity index is 1.45. The summed E-state index contributed by atoms with van der Waals surface area (Å²) in [5.41, 5.74) is 3.70. The minimum atomic E-state index is 0.0853. The van der Waals surface area contributed by atoms with E-state index in [1.165, 1.54) is 12.8 Å². The summed E-state index contributed by atoms with van der Waals surface area (Å²) in [5, 5.41) is 7.55. The zero-order chi connectivity index (χ0) is 21.4. The van der Waals surface area contributed by atoms with Gasteiger partial charge in [0.1, 0.15) is 11.5 Å². The molecule has 0 atom stereocenters. The van der Waals surface area contributed by atoms with Gasteiger partial charge < -0.3 is 20.1 Å². The molecule has 1 saturated heterocycles. The molecule has 31 heavy (non-hydrogen) atoms. The topological polar surface area (TPSA) is 88.0 Å². The fourth-order valence-corrected chi connectivity index (χ4v) is 4.93. The molecule has 3 aromatic heterocycles. The van der Waals surface area contributed by atoms with Crippen molar-refractivity contribution in [3.63, 3.8) is 0 Å². The summed E-state index contributed by atoms with van der Waals surface area (Å²) in [5.74, 6) is 1.30. The second-order valence-corrected chi connectivity index (χ2v) is 8.53. The van der Waals surface area contributed by atoms with Crippen LogP contribution in [-0.2, 0) is 0 Å². The first-order valence-corrected chi connectivity index (χ1v) is 11.2. The third-order valence-electron chi connectivity index (χ3n) is 6.49. The number of carbonyl (C=O) groups is 1. The number of piperazine rings is 1. The molecular weight excluding hydrogens is 390 g/mol. The number of nitrogens with one attached hydrogen (secondary N) is 2. The lowest BCUT2D eigenvalue weighted by Gasteiger charge is -2.29. The monoisotopic (exact) mass is 419 g/mol. The number of Topliss-reactive ketones (excluding diaryl/α,β-unsaturated/α-hetero) is 1. The fraction of sp³-hybridized carbons (Fsp3) is 0.478. The number of hydrogen-bond donors (Lipinski definition) is 2. The van der Waals surface area contributed by atoms with Gasteiger partial charge in [0, 0.05) is 50.7 Å². The smallest absolute Gasteiger partial charge is 0.230 e. The summed E-state index contributed by atoms with van der Waals surface area (Å²) in [7, 11) is 0. The van der Waals surface area contributed by atoms with Gasteiger partial charge in [0.15, 0.2) is 5.78 Å². The highest BCUT2D eigenvalue weighted by Crippen LogP contribution is 2.36. The van der Waals surface area contributed by atoms with E-state index in [0.717, 1.165) is 67.0 Å². The lowest BCUT2D eigenvalue weighted by Crippen LogP contribution is -2.43. The van der Waals surface area contributed by atoms with Crippen molar-refractivity contribution in [1.29, 1.82) is 0 Å². The average molecular weight is 420 g/mol. The fourth-order valence-electron chi connectivity index (χ4n) is 4.93. The highest BCUT2D eigenvalue weighted by molar-refractivity contribution is 6.00. The quantitative estimate of drug-likeness (QED) is 0.611. The van der Waals surface area contributed by atoms with E-state index in [4.69, 9.17) is 4.98 Å². The molecule has 0 unspecified atom stereocenters. The van der Waals surface area contributed by atoms with Crippen molar-refractivity contribution in [3.05, 3.63) is 35.8 Å². The molecular formula is C23H29N7O. The van der Waals surface area contributed by atoms with E-state index in [1.54, 1.807) is 6.92 Å². The van der Waals surface area contributed by atoms with Crippen LogP contribution in [0.2, 0.25) is 0 Å². The Labute approximate surface area is 182 Å². The van der Waals surface area contributed by atoms with Crippen LogP contribution in [0.4, 0.5) is 17.5 Å². The molecule has 0 amide bonds. The van der Waals surface area contributed by atoms with Crippen LogP contribution >= 0.6 is 0 Å². The summed E-state index contributed by atoms with van der Waals surface area (Å²) >= 11 is 0. The molecule has 2 aliphatic rings. The zero-order valence-corrected chi connectivity index (χ0v) is 18.2. The van der Waals surface area contributed by atoms with E-state index >= 15 is 0 Å². The minimum Gasteiger partial charge on any atom is -0.368 e. The second kappa shape index (κ2) is 8.26. The standard InChI is InChI=1S/C23H29N7O/c1-15-19-14-26-23(27-20-8-7-18(13-25-20)29-11-9-24-10-12-29)28-22(19)30(21(15)16(2)31)17-5-3-4-6-17/h7-8,13-14,17,24H,3-6,9-12H2,1-2H3,(H,25,26,27,28). The third kappa shape index (κ3) is 3.76. The number of nitrogens with zero attached hydrogens (tertiary/aromatic N) is 5. The molecule has 0 radical (unpaired) electrons. The lowest BCUT2D eigenvalue weighted by atomic mass is 10.1. The number of aryl methyl sites for hydroxylation is 1. The number of rotatable bonds is 5. The van der Waals surface area contributed by atoms with Gasteiger partial charge >= 0.3 is 0 Å². The first-order valence-electron chi connectivity index (χ1n) is 11.2. The van der Waals surface area contributed by atoms with E-state index in [-0.39, 0.29) is 5.78 Å². The van der Waals surface area contributed by atoms with Crippen LogP contribution in [0.1, 0.15) is 54.7 Å². The highest BCUT2D eigenvalue weighted by Gasteiger charge is 2.27. The minimum absolute atomic E-state index is 0.0853. The van der Waals surface area contributed by atoms with Gasteiger partial charge in [-0.25, -0.2) is 9.97 Å². The summed E-state index contributed by atoms with van der Waals surface area (Å²) < 4.78 is 2.16. The van der Waals surface area contributed by atoms with Crippen LogP contribution < -0.4 is 15.5 Å². The average Bonchev–Trinajstić information content (AvgIpc) is 3.41. The van der Waals surface area contributed by atoms with Gasteiger partial charge in [0.25, 0.3) is 0 Å². The van der Waals surface area contributed by atoms with Crippen LogP contribution in [0.25, 0.3) is 11.0 Å². The van der Waals surface area contributed by atoms with Crippen molar-refractivity contribution in [2.75, 3.05) is 36.4 Å². The summed E-state index contributed by atoms with van der Waals surface area (Å²) in [6.07, 6.45) is 8.29. The maximum absolute atomic E-state index is 12.4. The number of carbonyl (C=O) groups excluding carboxylic acids is 1. The molecule has 5 rings (SSSR count). The second-order valence-electron chi connectivity index (χ2n) is 8.53. The molecule has 0 spiro atoms. The molecule has 1 aliphatic heterocycles. The van der Waals surface area contributed by atoms with E-state index in [1.807, 2.05) is 25.4 Å². The van der Waals surface area contributed by atoms with Gasteiger partial charge in [-0.1, -0.05) is 12.8 Å². The molecule has 2 fully saturated rings. The third-order valence-corrected chi connectivity index (χ3v) is 6.49. The number of aromatic nitrogens is 4. The van der Waals surface area contributed by atoms with Gasteiger partial charge in [-0.3, -0.25) is 4.79 Å². The van der Waals surface area contributed by atoms with Crippen LogP contribution in [0.15, 0.2) is 24.5 Å². The van der Waals surface area contributed by atoms with Crippen molar-refractivity contribution in [3.8, 4) is 0 Å². The largest absolute Gasteiger partial charge is 0.368 e. The predicted octanol–water partition coefficient (Wildman–Crippen LogP) is 3.61. The maximum Gasteiger partial charge on any atom is 0.230 e. The molecule has 162 valence electrons. The van der Waals surface area contributed by atoms with Crippen molar-refractivity contribution in [1.82, 2.24) is 24.8 Å². The Kier molecular flexibility index (Phi) is 5.31. The van der Waals surface area contributed by atoms with Crippen molar-refractivity contribution >= 4 is 34.3 Å². The van der Waals surface area contributed by atoms with Crippen LogP contribution in [0.3, 0.4) is 0 Å². The number of hydrogen-bond acceptors (Lipinski definition) is 7. The lowest BCUT2D eigenvalue weighted by molar-refractivity contribution is 0.100. The number of ketones is 1. The summed E-state index contributed by atoms with van der Waals surface area (Å²) in [6, 6.07) is 4.38. The molecule has 0 aromatic carbocycles. The molecule has 8 heteroatoms. The Morgan fingerprint density at radius 1 is 1.13 bits per heavy atom. The van der Waals surface area contributed by atoms with Gasteiger partial charge in [-0.15, -0.1) is 0 Å². The van der Waals surface area contributed by atoms with E-state index in [2.05, 4.69) is 36.1 Å². The SMILES string of the molecule is CC(=O)c1c(C)c2cnc(Nc3ccc(N4CCNCC4)cn3)nc2n1C1CCCC1. The van der Waals surface area contributed by atoms with Gasteiger partial charge in [-0.2, -0.15) is 4.98 Å². The van der Waals surface area contributed by atoms with Crippen LogP contribution in [0.5, 0.6) is 0 Å². The Morgan fingerprint density at radius 3 is 2.58 bits per heavy atom. The van der Waals surface area contributed by atoms with Gasteiger partial charge in [0.2, 0.25) is 5.95 Å². The van der Waals surface area contributed by atoms with Crippen molar-refractivity contribution in [2.24, 2.45) is 0 Å². The van der Waals surface area contributed by atoms with Gasteiger partial charge in [-0.05, 0) is 37.5 Å². The molecule has 4 heterocycles. The predicted molar refractivity (Wildman–Crippen MR) is 122 cm³/mol. The molecule has 1 aliphatic carbocycles. The van der Waals surface area contributed by atoms with E-state index in [9.17, 15) is 4.79 Å². The number of anilines is 3. The van der Waals surface area contributed by atoms with Crippen LogP contribution in [-0.4, -0.2) is 51.5 Å². The molecule has 2 N–H and O–H groups in total. The summed E-state index contributed by atoms with van der Waals surface area (Å²) in [4.78, 5) is 28.7. The Bertz CT molecular complexity index is 1090. The van der Waals surface area contributed by atoms with Crippen molar-refractivity contribution < 1.29 is 4.79 Å². The van der Waals surface area contributed by atoms with Crippen LogP contribution in [0, 0.1) is 6.92 Å². The Hall–Kier alpha value is -3.00. The van der Waals surface area contributed by atoms with E-state index < -0.39 is 0 Å². The van der Waals surface area contributed by atoms with Crippen molar-refractivity contribution in [2.45, 2.75) is 45.6 Å². The molecule has 1 saturated carbocycles. The summed E-state index contributed by atoms with van der Waals surface area (Å²) in [6.45, 7) is 7.61. The highest BCUT2D eigenvalue weighted by atomic mass is 16.1. The first kappa shape index (κ1) is 19.9. The van der Waals surface area contributed by atoms with E-state index in [0.29, 0.717) is 17.8 Å². The van der Waals surface area contributed by atoms with Gasteiger partial charge in [0.05, 0.1) is 17.6 Å². The zero-order valence-electron chi connectivity index (χ0n) is 18.2. The molecule has 8 nitrogen and oxygen atoms in total. The maximum atomic E-state index is 12.4. The molecule has 0 bridgehead atoms. The Morgan fingerprint density at radius 2 is 1.90 bits per heavy atom. The number of pyridine rings is 1. The normalized spacial score (nSPS) is 17.4. The molecule has 3 aromatic rings.